The summed E-state index contributed by atoms with van der Waals surface area (Å²) in [6.45, 7) is 1.91. The van der Waals surface area contributed by atoms with E-state index in [-0.39, 0.29) is 0 Å². The van der Waals surface area contributed by atoms with Crippen LogP contribution in [0.15, 0.2) is 18.2 Å². The fourth-order valence-electron chi connectivity index (χ4n) is 1.21. The summed E-state index contributed by atoms with van der Waals surface area (Å²) in [5.74, 6) is 0. The second-order valence-corrected chi connectivity index (χ2v) is 2.92. The molecule has 0 saturated carbocycles. The summed E-state index contributed by atoms with van der Waals surface area (Å²) in [7, 11) is 0. The summed E-state index contributed by atoms with van der Waals surface area (Å²) in [6, 6.07) is 9.89. The van der Waals surface area contributed by atoms with E-state index < -0.39 is 0 Å². The number of hydrogen-bond acceptors (Lipinski definition) is 2. The molecule has 2 heteroatoms. The molecule has 0 aliphatic heterocycles. The molecule has 13 heavy (non-hydrogen) atoms. The molecule has 0 spiro atoms. The van der Waals surface area contributed by atoms with Crippen LogP contribution in [0, 0.1) is 29.6 Å². The lowest BCUT2D eigenvalue weighted by atomic mass is 10.0. The van der Waals surface area contributed by atoms with E-state index in [1.807, 2.05) is 25.1 Å². The fraction of sp³-hybridized carbons (Fsp3) is 0.273. The van der Waals surface area contributed by atoms with Gasteiger partial charge >= 0.3 is 0 Å². The van der Waals surface area contributed by atoms with Crippen LogP contribution in [0.4, 0.5) is 0 Å². The van der Waals surface area contributed by atoms with E-state index in [1.165, 1.54) is 0 Å². The van der Waals surface area contributed by atoms with E-state index >= 15 is 0 Å². The van der Waals surface area contributed by atoms with Crippen LogP contribution in [0.2, 0.25) is 0 Å². The third kappa shape index (κ3) is 2.32. The molecule has 1 aromatic carbocycles. The lowest BCUT2D eigenvalue weighted by Gasteiger charge is -2.00. The molecule has 0 unspecified atom stereocenters. The van der Waals surface area contributed by atoms with Gasteiger partial charge in [-0.2, -0.15) is 10.5 Å². The molecule has 64 valence electrons. The lowest BCUT2D eigenvalue weighted by Crippen LogP contribution is -1.88. The fourth-order valence-corrected chi connectivity index (χ4v) is 1.21. The van der Waals surface area contributed by atoms with Crippen molar-refractivity contribution in [1.29, 1.82) is 10.5 Å². The van der Waals surface area contributed by atoms with Gasteiger partial charge in [0.05, 0.1) is 17.7 Å². The molecule has 1 aromatic rings. The second kappa shape index (κ2) is 4.28. The van der Waals surface area contributed by atoms with Crippen molar-refractivity contribution in [2.75, 3.05) is 0 Å². The van der Waals surface area contributed by atoms with Gasteiger partial charge in [0.1, 0.15) is 0 Å². The van der Waals surface area contributed by atoms with Crippen LogP contribution in [0.1, 0.15) is 23.1 Å². The van der Waals surface area contributed by atoms with Crippen molar-refractivity contribution >= 4 is 0 Å². The van der Waals surface area contributed by atoms with Crippen LogP contribution in [0.25, 0.3) is 0 Å². The topological polar surface area (TPSA) is 47.6 Å². The molecule has 0 amide bonds. The Bertz CT molecular complexity index is 380. The standard InChI is InChI=1S/C11H10N2/c1-9-7-10(3-2-6-12)4-5-11(9)8-13/h4-5,7H,2-3H2,1H3. The highest BCUT2D eigenvalue weighted by Gasteiger charge is 1.98. The van der Waals surface area contributed by atoms with E-state index in [0.717, 1.165) is 17.5 Å². The molecule has 0 N–H and O–H groups in total. The highest BCUT2D eigenvalue weighted by atomic mass is 14.2. The van der Waals surface area contributed by atoms with E-state index in [9.17, 15) is 0 Å². The van der Waals surface area contributed by atoms with Crippen molar-refractivity contribution in [2.24, 2.45) is 0 Å². The molecule has 0 aliphatic rings. The maximum absolute atomic E-state index is 8.68. The lowest BCUT2D eigenvalue weighted by molar-refractivity contribution is 1.01. The number of rotatable bonds is 2. The van der Waals surface area contributed by atoms with Crippen LogP contribution in [0.5, 0.6) is 0 Å². The van der Waals surface area contributed by atoms with Gasteiger partial charge in [0, 0.05) is 6.42 Å². The third-order valence-corrected chi connectivity index (χ3v) is 1.94. The molecule has 0 aliphatic carbocycles. The highest BCUT2D eigenvalue weighted by molar-refractivity contribution is 5.39. The second-order valence-electron chi connectivity index (χ2n) is 2.92. The minimum absolute atomic E-state index is 0.533. The maximum Gasteiger partial charge on any atom is 0.0994 e. The molecular weight excluding hydrogens is 160 g/mol. The molecule has 2 nitrogen and oxygen atoms in total. The summed E-state index contributed by atoms with van der Waals surface area (Å²) in [5, 5.41) is 17.1. The first-order chi connectivity index (χ1) is 6.27. The number of hydrogen-bond donors (Lipinski definition) is 0. The Morgan fingerprint density at radius 3 is 2.62 bits per heavy atom. The van der Waals surface area contributed by atoms with Crippen molar-refractivity contribution < 1.29 is 0 Å². The van der Waals surface area contributed by atoms with E-state index in [4.69, 9.17) is 10.5 Å². The van der Waals surface area contributed by atoms with E-state index in [2.05, 4.69) is 12.1 Å². The highest BCUT2D eigenvalue weighted by Crippen LogP contribution is 2.11. The zero-order valence-electron chi connectivity index (χ0n) is 7.54. The van der Waals surface area contributed by atoms with Crippen molar-refractivity contribution in [3.8, 4) is 12.1 Å². The van der Waals surface area contributed by atoms with Gasteiger partial charge in [-0.3, -0.25) is 0 Å². The van der Waals surface area contributed by atoms with Crippen molar-refractivity contribution in [3.63, 3.8) is 0 Å². The van der Waals surface area contributed by atoms with Gasteiger partial charge < -0.3 is 0 Å². The SMILES string of the molecule is Cc1cc(CCC#N)ccc1C#N. The number of nitriles is 2. The van der Waals surface area contributed by atoms with Crippen LogP contribution in [-0.4, -0.2) is 0 Å². The predicted molar refractivity (Wildman–Crippen MR) is 49.8 cm³/mol. The molecule has 0 bridgehead atoms. The zero-order valence-corrected chi connectivity index (χ0v) is 7.54. The minimum atomic E-state index is 0.533. The molecule has 0 fully saturated rings. The summed E-state index contributed by atoms with van der Waals surface area (Å²) in [4.78, 5) is 0. The van der Waals surface area contributed by atoms with Crippen molar-refractivity contribution in [1.82, 2.24) is 0 Å². The quantitative estimate of drug-likeness (QED) is 0.683. The Hall–Kier alpha value is -1.80. The Balaban J connectivity index is 2.86. The van der Waals surface area contributed by atoms with E-state index in [1.54, 1.807) is 0 Å². The van der Waals surface area contributed by atoms with Crippen LogP contribution in [-0.2, 0) is 6.42 Å². The summed E-state index contributed by atoms with van der Waals surface area (Å²) in [6.07, 6.45) is 1.30. The first-order valence-electron chi connectivity index (χ1n) is 4.14. The van der Waals surface area contributed by atoms with Gasteiger partial charge in [-0.1, -0.05) is 12.1 Å². The van der Waals surface area contributed by atoms with Gasteiger partial charge in [-0.25, -0.2) is 0 Å². The molecule has 0 saturated heterocycles. The van der Waals surface area contributed by atoms with Gasteiger partial charge in [-0.05, 0) is 30.5 Å². The number of aryl methyl sites for hydroxylation is 2. The predicted octanol–water partition coefficient (Wildman–Crippen LogP) is 2.32. The first kappa shape index (κ1) is 9.29. The summed E-state index contributed by atoms with van der Waals surface area (Å²) < 4.78 is 0. The molecule has 0 aromatic heterocycles. The monoisotopic (exact) mass is 170 g/mol. The zero-order chi connectivity index (χ0) is 9.68. The van der Waals surface area contributed by atoms with Crippen molar-refractivity contribution in [2.45, 2.75) is 19.8 Å². The average molecular weight is 170 g/mol. The molecular formula is C11H10N2. The van der Waals surface area contributed by atoms with E-state index in [0.29, 0.717) is 12.0 Å². The molecule has 0 radical (unpaired) electrons. The summed E-state index contributed by atoms with van der Waals surface area (Å²) >= 11 is 0. The normalized spacial score (nSPS) is 8.85. The van der Waals surface area contributed by atoms with Crippen LogP contribution >= 0.6 is 0 Å². The van der Waals surface area contributed by atoms with Crippen molar-refractivity contribution in [3.05, 3.63) is 34.9 Å². The Labute approximate surface area is 78.0 Å². The maximum atomic E-state index is 8.68. The average Bonchev–Trinajstić information content (AvgIpc) is 2.15. The van der Waals surface area contributed by atoms with Crippen LogP contribution in [0.3, 0.4) is 0 Å². The molecule has 1 rings (SSSR count). The van der Waals surface area contributed by atoms with Gasteiger partial charge in [0.15, 0.2) is 0 Å². The number of benzene rings is 1. The smallest absolute Gasteiger partial charge is 0.0994 e. The molecule has 0 atom stereocenters. The van der Waals surface area contributed by atoms with Crippen LogP contribution < -0.4 is 0 Å². The Kier molecular flexibility index (Phi) is 3.06. The van der Waals surface area contributed by atoms with Gasteiger partial charge in [0.2, 0.25) is 0 Å². The summed E-state index contributed by atoms with van der Waals surface area (Å²) in [5.41, 5.74) is 2.82. The molecule has 0 heterocycles. The minimum Gasteiger partial charge on any atom is -0.198 e. The van der Waals surface area contributed by atoms with Gasteiger partial charge in [0.25, 0.3) is 0 Å². The Morgan fingerprint density at radius 1 is 1.31 bits per heavy atom. The third-order valence-electron chi connectivity index (χ3n) is 1.94. The van der Waals surface area contributed by atoms with Gasteiger partial charge in [-0.15, -0.1) is 0 Å². The Morgan fingerprint density at radius 2 is 2.08 bits per heavy atom. The first-order valence-corrected chi connectivity index (χ1v) is 4.14. The largest absolute Gasteiger partial charge is 0.198 e. The number of nitrogens with zero attached hydrogens (tertiary/aromatic N) is 2.